The van der Waals surface area contributed by atoms with Crippen LogP contribution in [0.4, 0.5) is 0 Å². The van der Waals surface area contributed by atoms with Gasteiger partial charge in [-0.05, 0) is 18.6 Å². The molecule has 14 heavy (non-hydrogen) atoms. The molecular formula is C10H17NO3. The molecular weight excluding hydrogens is 182 g/mol. The third kappa shape index (κ3) is 4.67. The molecule has 0 aromatic rings. The van der Waals surface area contributed by atoms with Crippen molar-refractivity contribution in [3.8, 4) is 0 Å². The second-order valence-corrected chi connectivity index (χ2v) is 2.54. The van der Waals surface area contributed by atoms with Crippen LogP contribution in [-0.4, -0.2) is 17.1 Å². The summed E-state index contributed by atoms with van der Waals surface area (Å²) in [4.78, 5) is 10.3. The van der Waals surface area contributed by atoms with Gasteiger partial charge in [0, 0.05) is 6.42 Å². The number of carboxylic acid groups (broad SMARTS) is 1. The zero-order valence-electron chi connectivity index (χ0n) is 8.56. The maximum absolute atomic E-state index is 10.3. The van der Waals surface area contributed by atoms with E-state index in [9.17, 15) is 4.79 Å². The fourth-order valence-electron chi connectivity index (χ4n) is 0.874. The highest BCUT2D eigenvalue weighted by Gasteiger charge is 2.14. The van der Waals surface area contributed by atoms with E-state index in [1.807, 2.05) is 26.0 Å². The monoisotopic (exact) mass is 199 g/mol. The Kier molecular flexibility index (Phi) is 6.49. The average Bonchev–Trinajstić information content (AvgIpc) is 2.22. The maximum Gasteiger partial charge on any atom is 0.320 e. The summed E-state index contributed by atoms with van der Waals surface area (Å²) in [6.07, 6.45) is 6.24. The smallest absolute Gasteiger partial charge is 0.320 e. The minimum Gasteiger partial charge on any atom is -0.480 e. The van der Waals surface area contributed by atoms with Gasteiger partial charge >= 0.3 is 5.97 Å². The molecule has 0 amide bonds. The van der Waals surface area contributed by atoms with Crippen molar-refractivity contribution in [1.29, 1.82) is 0 Å². The lowest BCUT2D eigenvalue weighted by molar-refractivity contribution is -0.138. The van der Waals surface area contributed by atoms with Crippen LogP contribution in [0.15, 0.2) is 24.2 Å². The first-order valence-corrected chi connectivity index (χ1v) is 4.69. The number of nitrogens with two attached hydrogens (primary N) is 1. The van der Waals surface area contributed by atoms with Crippen molar-refractivity contribution in [3.63, 3.8) is 0 Å². The van der Waals surface area contributed by atoms with E-state index in [-0.39, 0.29) is 6.42 Å². The number of ether oxygens (including phenoxy) is 1. The predicted octanol–water partition coefficient (Wildman–Crippen LogP) is 1.63. The van der Waals surface area contributed by atoms with Gasteiger partial charge in [0.25, 0.3) is 0 Å². The molecule has 1 aliphatic heterocycles. The van der Waals surface area contributed by atoms with Gasteiger partial charge in [-0.1, -0.05) is 13.8 Å². The molecule has 0 saturated heterocycles. The van der Waals surface area contributed by atoms with Gasteiger partial charge in [-0.3, -0.25) is 4.79 Å². The third-order valence-electron chi connectivity index (χ3n) is 1.54. The van der Waals surface area contributed by atoms with E-state index >= 15 is 0 Å². The van der Waals surface area contributed by atoms with Gasteiger partial charge in [-0.25, -0.2) is 0 Å². The van der Waals surface area contributed by atoms with Crippen LogP contribution >= 0.6 is 0 Å². The number of carboxylic acids is 1. The summed E-state index contributed by atoms with van der Waals surface area (Å²) in [5, 5.41) is 8.49. The van der Waals surface area contributed by atoms with Gasteiger partial charge in [0.2, 0.25) is 0 Å². The van der Waals surface area contributed by atoms with Gasteiger partial charge in [0.15, 0.2) is 0 Å². The normalized spacial score (nSPS) is 15.8. The lowest BCUT2D eigenvalue weighted by Crippen LogP contribution is -2.30. The Bertz CT molecular complexity index is 234. The Hall–Kier alpha value is -1.29. The minimum absolute atomic E-state index is 0.250. The molecule has 80 valence electrons. The molecule has 4 heteroatoms. The molecule has 0 aromatic carbocycles. The second kappa shape index (κ2) is 7.15. The van der Waals surface area contributed by atoms with E-state index in [4.69, 9.17) is 15.6 Å². The van der Waals surface area contributed by atoms with Crippen LogP contribution in [0.5, 0.6) is 0 Å². The molecule has 0 saturated carbocycles. The number of aliphatic carboxylic acids is 1. The first-order valence-electron chi connectivity index (χ1n) is 4.69. The van der Waals surface area contributed by atoms with Crippen molar-refractivity contribution in [1.82, 2.24) is 0 Å². The maximum atomic E-state index is 10.3. The van der Waals surface area contributed by atoms with Gasteiger partial charge in [-0.15, -0.1) is 0 Å². The van der Waals surface area contributed by atoms with Crippen molar-refractivity contribution >= 4 is 5.97 Å². The van der Waals surface area contributed by atoms with Gasteiger partial charge in [-0.2, -0.15) is 0 Å². The van der Waals surface area contributed by atoms with Crippen molar-refractivity contribution in [2.75, 3.05) is 0 Å². The molecule has 1 unspecified atom stereocenters. The van der Waals surface area contributed by atoms with E-state index in [1.165, 1.54) is 0 Å². The number of rotatable bonds is 3. The summed E-state index contributed by atoms with van der Waals surface area (Å²) in [5.41, 5.74) is 5.30. The van der Waals surface area contributed by atoms with Crippen LogP contribution in [0.2, 0.25) is 0 Å². The fourth-order valence-corrected chi connectivity index (χ4v) is 0.874. The second-order valence-electron chi connectivity index (χ2n) is 2.54. The summed E-state index contributed by atoms with van der Waals surface area (Å²) in [7, 11) is 0. The summed E-state index contributed by atoms with van der Waals surface area (Å²) in [5.74, 6) is -0.374. The number of carbonyl (C=O) groups is 1. The van der Waals surface area contributed by atoms with Gasteiger partial charge in [0.05, 0.1) is 6.26 Å². The molecule has 3 N–H and O–H groups in total. The van der Waals surface area contributed by atoms with E-state index in [1.54, 1.807) is 6.26 Å². The molecule has 0 aliphatic carbocycles. The Morgan fingerprint density at radius 3 is 2.79 bits per heavy atom. The van der Waals surface area contributed by atoms with Crippen LogP contribution in [0.3, 0.4) is 0 Å². The van der Waals surface area contributed by atoms with Crippen molar-refractivity contribution in [2.45, 2.75) is 32.7 Å². The molecule has 0 radical (unpaired) electrons. The molecule has 4 nitrogen and oxygen atoms in total. The van der Waals surface area contributed by atoms with Gasteiger partial charge in [0.1, 0.15) is 11.8 Å². The Labute approximate surface area is 84.1 Å². The van der Waals surface area contributed by atoms with Crippen LogP contribution < -0.4 is 5.73 Å². The zero-order valence-corrected chi connectivity index (χ0v) is 8.56. The standard InChI is InChI=1S/C8H11NO3.C2H6/c9-7(8(10)11)5-6-3-1-2-4-12-6;1-2/h2-4,7H,1,5,9H2,(H,10,11);1-2H3. The van der Waals surface area contributed by atoms with Crippen molar-refractivity contribution in [3.05, 3.63) is 24.2 Å². The number of allylic oxidation sites excluding steroid dienone is 2. The molecule has 0 spiro atoms. The Balaban J connectivity index is 0.000000791. The molecule has 0 bridgehead atoms. The highest BCUT2D eigenvalue weighted by atomic mass is 16.5. The quantitative estimate of drug-likeness (QED) is 0.724. The largest absolute Gasteiger partial charge is 0.480 e. The van der Waals surface area contributed by atoms with Crippen LogP contribution in [0.1, 0.15) is 26.7 Å². The first kappa shape index (κ1) is 12.7. The van der Waals surface area contributed by atoms with E-state index in [0.717, 1.165) is 6.42 Å². The summed E-state index contributed by atoms with van der Waals surface area (Å²) in [6.45, 7) is 4.00. The molecule has 1 aliphatic rings. The Morgan fingerprint density at radius 2 is 2.36 bits per heavy atom. The summed E-state index contributed by atoms with van der Waals surface area (Å²) in [6, 6.07) is -0.872. The van der Waals surface area contributed by atoms with Crippen molar-refractivity contribution < 1.29 is 14.6 Å². The lowest BCUT2D eigenvalue weighted by Gasteiger charge is -2.11. The molecule has 1 rings (SSSR count). The van der Waals surface area contributed by atoms with E-state index in [2.05, 4.69) is 0 Å². The van der Waals surface area contributed by atoms with Crippen LogP contribution in [0.25, 0.3) is 0 Å². The SMILES string of the molecule is CC.NC(CC1=CCC=CO1)C(=O)O. The molecule has 1 heterocycles. The molecule has 0 aromatic heterocycles. The summed E-state index contributed by atoms with van der Waals surface area (Å²) >= 11 is 0. The van der Waals surface area contributed by atoms with E-state index in [0.29, 0.717) is 5.76 Å². The minimum atomic E-state index is -1.01. The Morgan fingerprint density at radius 1 is 1.71 bits per heavy atom. The van der Waals surface area contributed by atoms with Crippen molar-refractivity contribution in [2.24, 2.45) is 5.73 Å². The molecule has 0 fully saturated rings. The highest BCUT2D eigenvalue weighted by molar-refractivity contribution is 5.73. The number of hydrogen-bond acceptors (Lipinski definition) is 3. The first-order chi connectivity index (χ1) is 6.70. The predicted molar refractivity (Wildman–Crippen MR) is 54.5 cm³/mol. The van der Waals surface area contributed by atoms with E-state index < -0.39 is 12.0 Å². The molecule has 1 atom stereocenters. The number of hydrogen-bond donors (Lipinski definition) is 2. The highest BCUT2D eigenvalue weighted by Crippen LogP contribution is 2.12. The summed E-state index contributed by atoms with van der Waals surface area (Å²) < 4.78 is 5.04. The van der Waals surface area contributed by atoms with Crippen LogP contribution in [-0.2, 0) is 9.53 Å². The third-order valence-corrected chi connectivity index (χ3v) is 1.54. The topological polar surface area (TPSA) is 72.5 Å². The zero-order chi connectivity index (χ0) is 11.0. The fraction of sp³-hybridized carbons (Fsp3) is 0.500. The average molecular weight is 199 g/mol. The van der Waals surface area contributed by atoms with Gasteiger partial charge < -0.3 is 15.6 Å². The lowest BCUT2D eigenvalue weighted by atomic mass is 10.1. The van der Waals surface area contributed by atoms with Crippen LogP contribution in [0, 0.1) is 0 Å².